The van der Waals surface area contributed by atoms with Gasteiger partial charge in [-0.25, -0.2) is 75.0 Å². The van der Waals surface area contributed by atoms with Crippen LogP contribution in [0.3, 0.4) is 0 Å². The van der Waals surface area contributed by atoms with Gasteiger partial charge in [-0.15, -0.1) is 0 Å². The number of aromatic amines is 8. The Bertz CT molecular complexity index is 7740. The number of nitrogens with one attached hydrogen (secondary N) is 12. The molecule has 0 unspecified atom stereocenters. The highest BCUT2D eigenvalue weighted by molar-refractivity contribution is 6.04. The molecule has 1 aliphatic rings. The number of ether oxygens (including phenoxy) is 4. The standard InChI is InChI=1S/C26H23F2N7O2.C24H21F2N7O3.2C23H23F2N7O2/c1-4-35(3)26(36)21-24(32-20-12-18(33-34-20)15-8-6-5-7-9-15)29-13-30-25(21)37-19-11-17(27)23-16(22(19)28)10-14(2)31-23;1-4-33(3)24(34)19-22(30-18-10-15(31-32-18)16-6-5-7-35-16)27-11-28-23(19)36-17-9-14(25)21-13(20(17)26)8-12(2)29-21;1-4-32(3)23(33)18-21(29-17-9-15(30-31-17)12-5-6-12)26-10-27-22(18)34-16-8-14(24)20-13(19(16)25)7-11(2)28-20;1-5-7-13-9-17(31-30-13)29-21-18(23(33)32(4)6-2)22(27-11-26-21)34-16-10-15(24)20-14(19(16)25)8-12(3)28-20/h5-13,31H,4H2,1-3H3,(H2,29,30,32,33,34);5-11,29H,4H2,1-3H3,(H2,27,28,30,31,32);7-10,12,28H,4-6H2,1-3H3,(H2,26,27,29,30,31);5,7-11,28H,6H2,1-4H3,(H2,26,27,29,30,31)/b;;;7-5+. The van der Waals surface area contributed by atoms with Gasteiger partial charge in [-0.05, 0) is 123 Å². The normalized spacial score (nSPS) is 11.7. The van der Waals surface area contributed by atoms with E-state index in [-0.39, 0.29) is 113 Å². The summed E-state index contributed by atoms with van der Waals surface area (Å²) >= 11 is 0. The Morgan fingerprint density at radius 2 is 0.716 bits per heavy atom. The molecule has 0 aliphatic heterocycles. The maximum absolute atomic E-state index is 15.2. The number of anilines is 8. The number of nitrogens with zero attached hydrogens (tertiary/aromatic N) is 16. The zero-order valence-electron chi connectivity index (χ0n) is 77.7. The van der Waals surface area contributed by atoms with E-state index in [9.17, 15) is 36.7 Å². The number of aromatic nitrogens is 20. The number of carbonyl (C=O) groups excluding carboxylic acids is 4. The third-order valence-electron chi connectivity index (χ3n) is 22.4. The van der Waals surface area contributed by atoms with Crippen molar-refractivity contribution < 1.29 is 77.7 Å². The molecule has 37 nitrogen and oxygen atoms in total. The van der Waals surface area contributed by atoms with Crippen LogP contribution in [0.1, 0.15) is 129 Å². The van der Waals surface area contributed by atoms with Crippen LogP contribution in [0.4, 0.5) is 81.7 Å². The molecule has 0 atom stereocenters. The van der Waals surface area contributed by atoms with Gasteiger partial charge in [0.25, 0.3) is 23.6 Å². The van der Waals surface area contributed by atoms with Gasteiger partial charge in [-0.1, -0.05) is 36.4 Å². The average Bonchev–Trinajstić information content (AvgIpc) is 1.65. The van der Waals surface area contributed by atoms with Crippen LogP contribution in [-0.2, 0) is 0 Å². The highest BCUT2D eigenvalue weighted by Gasteiger charge is 2.34. The Morgan fingerprint density at radius 1 is 0.397 bits per heavy atom. The van der Waals surface area contributed by atoms with E-state index in [4.69, 9.17) is 23.4 Å². The van der Waals surface area contributed by atoms with Crippen molar-refractivity contribution in [1.82, 2.24) is 120 Å². The molecule has 1 aliphatic carbocycles. The third-order valence-corrected chi connectivity index (χ3v) is 22.4. The van der Waals surface area contributed by atoms with E-state index in [0.29, 0.717) is 89.6 Å². The zero-order valence-corrected chi connectivity index (χ0v) is 77.7. The number of H-pyrrole nitrogens is 8. The fraction of sp³-hybridized carbons (Fsp3) is 0.208. The smallest absolute Gasteiger partial charge is 0.262 e. The Labute approximate surface area is 795 Å². The third kappa shape index (κ3) is 20.8. The highest BCUT2D eigenvalue weighted by atomic mass is 19.2. The SMILES string of the molecule is C/C=C/c1cc(Nc2ncnc(Oc3cc(F)c4[nH]c(C)cc4c3F)c2C(=O)N(C)CC)n[nH]1.CCN(C)C(=O)c1c(Nc2cc(-c3ccccc3)[nH]n2)ncnc1Oc1cc(F)c2[nH]c(C)cc2c1F.CCN(C)C(=O)c1c(Nc2cc(-c3ccco3)[nH]n2)ncnc1Oc1cc(F)c2[nH]c(C)cc2c1F.CCN(C)C(=O)c1c(Nc2cc(C3CC3)[nH]n2)ncnc1Oc1cc(F)c2[nH]c(C)cc2c1F. The molecule has 0 saturated heterocycles. The summed E-state index contributed by atoms with van der Waals surface area (Å²) in [6.45, 7) is 17.4. The molecule has 0 spiro atoms. The fourth-order valence-electron chi connectivity index (χ4n) is 14.6. The van der Waals surface area contributed by atoms with E-state index in [0.717, 1.165) is 72.4 Å². The average molecular weight is 1930 g/mol. The van der Waals surface area contributed by atoms with Crippen molar-refractivity contribution in [3.8, 4) is 69.2 Å². The van der Waals surface area contributed by atoms with E-state index in [1.165, 1.54) is 62.8 Å². The van der Waals surface area contributed by atoms with Gasteiger partial charge in [0.05, 0.1) is 39.7 Å². The molecule has 1 fully saturated rings. The first-order valence-electron chi connectivity index (χ1n) is 43.9. The molecule has 0 bridgehead atoms. The van der Waals surface area contributed by atoms with Crippen molar-refractivity contribution in [3.63, 3.8) is 0 Å². The van der Waals surface area contributed by atoms with Gasteiger partial charge in [0.15, 0.2) is 122 Å². The first kappa shape index (κ1) is 96.3. The van der Waals surface area contributed by atoms with E-state index in [1.54, 1.807) is 107 Å². The first-order valence-corrected chi connectivity index (χ1v) is 43.9. The van der Waals surface area contributed by atoms with Gasteiger partial charge in [-0.3, -0.25) is 39.6 Å². The molecule has 45 heteroatoms. The lowest BCUT2D eigenvalue weighted by molar-refractivity contribution is 0.0791. The van der Waals surface area contributed by atoms with Crippen LogP contribution in [0.25, 0.3) is 72.4 Å². The molecule has 4 amide bonds. The first-order chi connectivity index (χ1) is 67.9. The Kier molecular flexibility index (Phi) is 28.3. The van der Waals surface area contributed by atoms with Gasteiger partial charge in [0.1, 0.15) is 53.3 Å². The minimum Gasteiger partial charge on any atom is -0.463 e. The predicted molar refractivity (Wildman–Crippen MR) is 508 cm³/mol. The van der Waals surface area contributed by atoms with Crippen molar-refractivity contribution in [3.05, 3.63) is 256 Å². The molecule has 19 rings (SSSR count). The van der Waals surface area contributed by atoms with Crippen molar-refractivity contribution in [2.24, 2.45) is 0 Å². The largest absolute Gasteiger partial charge is 0.463 e. The number of hydrogen-bond acceptors (Lipinski definition) is 25. The number of benzene rings is 5. The van der Waals surface area contributed by atoms with Gasteiger partial charge >= 0.3 is 0 Å². The monoisotopic (exact) mass is 1930 g/mol. The van der Waals surface area contributed by atoms with Crippen molar-refractivity contribution in [2.75, 3.05) is 75.6 Å². The summed E-state index contributed by atoms with van der Waals surface area (Å²) < 4.78 is 147. The molecule has 0 radical (unpaired) electrons. The van der Waals surface area contributed by atoms with Crippen molar-refractivity contribution in [1.29, 1.82) is 0 Å². The number of amides is 4. The van der Waals surface area contributed by atoms with Crippen molar-refractivity contribution in [2.45, 2.75) is 81.1 Å². The van der Waals surface area contributed by atoms with Gasteiger partial charge in [0, 0.05) is 159 Å². The number of furan rings is 1. The maximum atomic E-state index is 15.2. The molecule has 13 heterocycles. The predicted octanol–water partition coefficient (Wildman–Crippen LogP) is 20.4. The van der Waals surface area contributed by atoms with E-state index < -0.39 is 93.2 Å². The number of hydrogen-bond donors (Lipinski definition) is 12. The minimum atomic E-state index is -0.790. The molecule has 18 aromatic rings. The Hall–Kier alpha value is -17.8. The van der Waals surface area contributed by atoms with Crippen molar-refractivity contribution >= 4 is 120 Å². The van der Waals surface area contributed by atoms with Crippen LogP contribution >= 0.6 is 0 Å². The number of halogens is 8. The van der Waals surface area contributed by atoms with Gasteiger partial charge < -0.3 is 84.2 Å². The summed E-state index contributed by atoms with van der Waals surface area (Å²) in [7, 11) is 6.38. The lowest BCUT2D eigenvalue weighted by Crippen LogP contribution is -2.28. The molecule has 12 N–H and O–H groups in total. The number of aryl methyl sites for hydroxylation is 4. The van der Waals surface area contributed by atoms with Crippen LogP contribution in [0.15, 0.2) is 157 Å². The Balaban J connectivity index is 0.000000135. The number of rotatable bonds is 28. The van der Waals surface area contributed by atoms with Gasteiger partial charge in [0.2, 0.25) is 23.5 Å². The van der Waals surface area contributed by atoms with Crippen LogP contribution < -0.4 is 40.2 Å². The molecule has 5 aromatic carbocycles. The topological polar surface area (TPSA) is 460 Å². The summed E-state index contributed by atoms with van der Waals surface area (Å²) in [6, 6.07) is 29.6. The van der Waals surface area contributed by atoms with E-state index in [1.807, 2.05) is 62.4 Å². The van der Waals surface area contributed by atoms with Crippen LogP contribution in [0, 0.1) is 74.2 Å². The van der Waals surface area contributed by atoms with Gasteiger partial charge in [-0.2, -0.15) is 20.4 Å². The summed E-state index contributed by atoms with van der Waals surface area (Å²) in [6.07, 6.45) is 12.1. The summed E-state index contributed by atoms with van der Waals surface area (Å²) in [4.78, 5) is 103. The molecule has 141 heavy (non-hydrogen) atoms. The molecule has 13 aromatic heterocycles. The zero-order chi connectivity index (χ0) is 99.9. The van der Waals surface area contributed by atoms with E-state index >= 15 is 17.6 Å². The second kappa shape index (κ2) is 41.4. The summed E-state index contributed by atoms with van der Waals surface area (Å²) in [5.74, 6) is -7.27. The van der Waals surface area contributed by atoms with E-state index in [2.05, 4.69) is 122 Å². The summed E-state index contributed by atoms with van der Waals surface area (Å²) in [5.41, 5.74) is 6.30. The second-order valence-corrected chi connectivity index (χ2v) is 32.3. The van der Waals surface area contributed by atoms with Crippen LogP contribution in [-0.4, -0.2) is 198 Å². The lowest BCUT2D eigenvalue weighted by atomic mass is 10.1. The fourth-order valence-corrected chi connectivity index (χ4v) is 14.6. The molecule has 1 saturated carbocycles. The quantitative estimate of drug-likeness (QED) is 0.0203. The number of fused-ring (bicyclic) bond motifs is 4. The minimum absolute atomic E-state index is 0.0204. The lowest BCUT2D eigenvalue weighted by Gasteiger charge is -2.19. The molecular weight excluding hydrogens is 1840 g/mol. The van der Waals surface area contributed by atoms with Crippen LogP contribution in [0.2, 0.25) is 0 Å². The highest BCUT2D eigenvalue weighted by Crippen LogP contribution is 2.44. The number of carbonyl (C=O) groups is 4. The second-order valence-electron chi connectivity index (χ2n) is 32.3. The maximum Gasteiger partial charge on any atom is 0.262 e. The molecule has 724 valence electrons. The Morgan fingerprint density at radius 3 is 1.04 bits per heavy atom. The molecular formula is C96H90F8N28O9. The summed E-state index contributed by atoms with van der Waals surface area (Å²) in [5, 5.41) is 40.5. The number of allylic oxidation sites excluding steroid dienone is 1. The van der Waals surface area contributed by atoms with Crippen LogP contribution in [0.5, 0.6) is 46.5 Å².